The molecule has 2 aromatic heterocycles. The van der Waals surface area contributed by atoms with E-state index in [1.165, 1.54) is 6.33 Å². The highest BCUT2D eigenvalue weighted by Crippen LogP contribution is 2.12. The molecular weight excluding hydrogens is 180 g/mol. The molecule has 0 unspecified atom stereocenters. The van der Waals surface area contributed by atoms with Gasteiger partial charge in [-0.25, -0.2) is 4.98 Å². The van der Waals surface area contributed by atoms with Gasteiger partial charge in [-0.15, -0.1) is 0 Å². The Morgan fingerprint density at radius 3 is 3.00 bits per heavy atom. The van der Waals surface area contributed by atoms with Gasteiger partial charge in [0.05, 0.1) is 12.0 Å². The summed E-state index contributed by atoms with van der Waals surface area (Å²) >= 11 is 0. The van der Waals surface area contributed by atoms with Crippen LogP contribution < -0.4 is 5.56 Å². The summed E-state index contributed by atoms with van der Waals surface area (Å²) in [6.07, 6.45) is 3.33. The topological polar surface area (TPSA) is 63.6 Å². The molecule has 5 nitrogen and oxygen atoms in total. The second-order valence-corrected chi connectivity index (χ2v) is 3.25. The minimum absolute atomic E-state index is 0.173. The number of fused-ring (bicyclic) bond motifs is 1. The molecule has 0 aliphatic heterocycles. The lowest BCUT2D eigenvalue weighted by atomic mass is 10.2. The molecule has 0 atom stereocenters. The molecule has 2 heterocycles. The quantitative estimate of drug-likeness (QED) is 0.758. The van der Waals surface area contributed by atoms with E-state index in [9.17, 15) is 4.79 Å². The summed E-state index contributed by atoms with van der Waals surface area (Å²) in [5.41, 5.74) is 2.00. The van der Waals surface area contributed by atoms with Crippen molar-refractivity contribution in [3.63, 3.8) is 0 Å². The van der Waals surface area contributed by atoms with Crippen LogP contribution in [-0.2, 0) is 13.5 Å². The molecule has 2 aromatic rings. The standard InChI is InChI=1S/C9H12N4O/c1-3-4-6-7-8(12-13(6)2)9(14)11-5-10-7/h5H,3-4H2,1-2H3,(H,10,11,14). The molecule has 0 saturated carbocycles. The predicted octanol–water partition coefficient (Wildman–Crippen LogP) is 0.609. The van der Waals surface area contributed by atoms with Crippen LogP contribution in [0.4, 0.5) is 0 Å². The molecule has 0 spiro atoms. The van der Waals surface area contributed by atoms with Crippen LogP contribution in [-0.4, -0.2) is 19.7 Å². The zero-order valence-corrected chi connectivity index (χ0v) is 8.24. The second kappa shape index (κ2) is 3.25. The van der Waals surface area contributed by atoms with Gasteiger partial charge in [0.2, 0.25) is 0 Å². The van der Waals surface area contributed by atoms with Crippen molar-refractivity contribution in [3.8, 4) is 0 Å². The molecule has 74 valence electrons. The fourth-order valence-electron chi connectivity index (χ4n) is 1.58. The van der Waals surface area contributed by atoms with Crippen LogP contribution in [0.15, 0.2) is 11.1 Å². The number of hydrogen-bond donors (Lipinski definition) is 1. The van der Waals surface area contributed by atoms with Crippen molar-refractivity contribution in [3.05, 3.63) is 22.4 Å². The van der Waals surface area contributed by atoms with E-state index in [2.05, 4.69) is 22.0 Å². The van der Waals surface area contributed by atoms with E-state index in [1.54, 1.807) is 4.68 Å². The largest absolute Gasteiger partial charge is 0.311 e. The zero-order chi connectivity index (χ0) is 10.1. The maximum absolute atomic E-state index is 11.4. The molecule has 14 heavy (non-hydrogen) atoms. The molecule has 0 radical (unpaired) electrons. The summed E-state index contributed by atoms with van der Waals surface area (Å²) in [6.45, 7) is 2.09. The first-order chi connectivity index (χ1) is 6.74. The highest BCUT2D eigenvalue weighted by Gasteiger charge is 2.11. The summed E-state index contributed by atoms with van der Waals surface area (Å²) in [6, 6.07) is 0. The SMILES string of the molecule is CCCc1c2nc[nH]c(=O)c2nn1C. The first kappa shape index (κ1) is 8.93. The van der Waals surface area contributed by atoms with Gasteiger partial charge in [-0.1, -0.05) is 13.3 Å². The number of H-pyrrole nitrogens is 1. The lowest BCUT2D eigenvalue weighted by molar-refractivity contribution is 0.705. The third-order valence-electron chi connectivity index (χ3n) is 2.23. The number of nitrogens with one attached hydrogen (secondary N) is 1. The van der Waals surface area contributed by atoms with Gasteiger partial charge in [-0.2, -0.15) is 5.10 Å². The van der Waals surface area contributed by atoms with Gasteiger partial charge < -0.3 is 4.98 Å². The van der Waals surface area contributed by atoms with Gasteiger partial charge >= 0.3 is 0 Å². The van der Waals surface area contributed by atoms with Gasteiger partial charge in [0.25, 0.3) is 5.56 Å². The Kier molecular flexibility index (Phi) is 2.07. The number of aryl methyl sites for hydroxylation is 2. The maximum atomic E-state index is 11.4. The van der Waals surface area contributed by atoms with Crippen LogP contribution >= 0.6 is 0 Å². The molecule has 0 aromatic carbocycles. The number of aromatic amines is 1. The Labute approximate surface area is 80.8 Å². The van der Waals surface area contributed by atoms with Crippen LogP contribution in [0.5, 0.6) is 0 Å². The predicted molar refractivity (Wildman–Crippen MR) is 53.1 cm³/mol. The molecule has 0 fully saturated rings. The first-order valence-electron chi connectivity index (χ1n) is 4.63. The van der Waals surface area contributed by atoms with Crippen LogP contribution in [0.25, 0.3) is 11.0 Å². The Bertz CT molecular complexity index is 511. The Morgan fingerprint density at radius 1 is 1.50 bits per heavy atom. The average molecular weight is 192 g/mol. The van der Waals surface area contributed by atoms with E-state index >= 15 is 0 Å². The van der Waals surface area contributed by atoms with Crippen molar-refractivity contribution in [1.82, 2.24) is 19.7 Å². The Hall–Kier alpha value is -1.65. The third-order valence-corrected chi connectivity index (χ3v) is 2.23. The second-order valence-electron chi connectivity index (χ2n) is 3.25. The van der Waals surface area contributed by atoms with Crippen molar-refractivity contribution in [1.29, 1.82) is 0 Å². The van der Waals surface area contributed by atoms with E-state index in [0.717, 1.165) is 24.1 Å². The number of rotatable bonds is 2. The fraction of sp³-hybridized carbons (Fsp3) is 0.444. The first-order valence-corrected chi connectivity index (χ1v) is 4.63. The van der Waals surface area contributed by atoms with Gasteiger partial charge in [0.15, 0.2) is 5.52 Å². The van der Waals surface area contributed by atoms with E-state index in [-0.39, 0.29) is 5.56 Å². The summed E-state index contributed by atoms with van der Waals surface area (Å²) in [5, 5.41) is 4.14. The van der Waals surface area contributed by atoms with Crippen LogP contribution in [0, 0.1) is 0 Å². The van der Waals surface area contributed by atoms with Crippen LogP contribution in [0.1, 0.15) is 19.0 Å². The van der Waals surface area contributed by atoms with Crippen molar-refractivity contribution >= 4 is 11.0 Å². The molecule has 5 heteroatoms. The maximum Gasteiger partial charge on any atom is 0.279 e. The number of hydrogen-bond acceptors (Lipinski definition) is 3. The zero-order valence-electron chi connectivity index (χ0n) is 8.24. The lowest BCUT2D eigenvalue weighted by Gasteiger charge is -1.97. The summed E-state index contributed by atoms with van der Waals surface area (Å²) in [4.78, 5) is 18.0. The van der Waals surface area contributed by atoms with Gasteiger partial charge in [-0.3, -0.25) is 9.48 Å². The smallest absolute Gasteiger partial charge is 0.279 e. The lowest BCUT2D eigenvalue weighted by Crippen LogP contribution is -2.06. The average Bonchev–Trinajstić information content (AvgIpc) is 2.47. The minimum Gasteiger partial charge on any atom is -0.311 e. The third kappa shape index (κ3) is 1.21. The molecule has 0 bridgehead atoms. The van der Waals surface area contributed by atoms with Crippen LogP contribution in [0.2, 0.25) is 0 Å². The summed E-state index contributed by atoms with van der Waals surface area (Å²) in [5.74, 6) is 0. The highest BCUT2D eigenvalue weighted by atomic mass is 16.1. The van der Waals surface area contributed by atoms with Crippen molar-refractivity contribution < 1.29 is 0 Å². The molecule has 0 amide bonds. The molecular formula is C9H12N4O. The van der Waals surface area contributed by atoms with Gasteiger partial charge in [0.1, 0.15) is 5.52 Å². The molecule has 0 aliphatic rings. The Balaban J connectivity index is 2.77. The molecule has 2 rings (SSSR count). The minimum atomic E-state index is -0.173. The highest BCUT2D eigenvalue weighted by molar-refractivity contribution is 5.75. The fourth-order valence-corrected chi connectivity index (χ4v) is 1.58. The van der Waals surface area contributed by atoms with Gasteiger partial charge in [0, 0.05) is 7.05 Å². The monoisotopic (exact) mass is 192 g/mol. The molecule has 0 saturated heterocycles. The van der Waals surface area contributed by atoms with E-state index in [0.29, 0.717) is 5.52 Å². The van der Waals surface area contributed by atoms with Crippen molar-refractivity contribution in [2.24, 2.45) is 7.05 Å². The van der Waals surface area contributed by atoms with Crippen molar-refractivity contribution in [2.45, 2.75) is 19.8 Å². The van der Waals surface area contributed by atoms with E-state index in [4.69, 9.17) is 0 Å². The summed E-state index contributed by atoms with van der Waals surface area (Å²) < 4.78 is 1.73. The normalized spacial score (nSPS) is 11.0. The number of nitrogens with zero attached hydrogens (tertiary/aromatic N) is 3. The summed E-state index contributed by atoms with van der Waals surface area (Å²) in [7, 11) is 1.84. The Morgan fingerprint density at radius 2 is 2.29 bits per heavy atom. The van der Waals surface area contributed by atoms with E-state index < -0.39 is 0 Å². The van der Waals surface area contributed by atoms with Crippen LogP contribution in [0.3, 0.4) is 0 Å². The van der Waals surface area contributed by atoms with Gasteiger partial charge in [-0.05, 0) is 6.42 Å². The number of aromatic nitrogens is 4. The molecule has 1 N–H and O–H groups in total. The molecule has 0 aliphatic carbocycles. The van der Waals surface area contributed by atoms with E-state index in [1.807, 2.05) is 7.05 Å². The van der Waals surface area contributed by atoms with Crippen molar-refractivity contribution in [2.75, 3.05) is 0 Å².